The van der Waals surface area contributed by atoms with Crippen molar-refractivity contribution in [1.29, 1.82) is 0 Å². The molecule has 1 aliphatic heterocycles. The van der Waals surface area contributed by atoms with Gasteiger partial charge in [-0.05, 0) is 38.2 Å². The predicted octanol–water partition coefficient (Wildman–Crippen LogP) is 5.02. The van der Waals surface area contributed by atoms with Crippen molar-refractivity contribution >= 4 is 22.0 Å². The van der Waals surface area contributed by atoms with Crippen molar-refractivity contribution < 1.29 is 9.53 Å². The molecular weight excluding hydrogens is 454 g/mol. The summed E-state index contributed by atoms with van der Waals surface area (Å²) in [6.45, 7) is 1.41. The summed E-state index contributed by atoms with van der Waals surface area (Å²) in [6, 6.07) is 16.7. The lowest BCUT2D eigenvalue weighted by atomic mass is 9.88. The molecular formula is C25H22BrN3O2. The van der Waals surface area contributed by atoms with Crippen LogP contribution in [0.2, 0.25) is 0 Å². The summed E-state index contributed by atoms with van der Waals surface area (Å²) in [7, 11) is 0. The molecule has 31 heavy (non-hydrogen) atoms. The molecule has 3 aromatic rings. The summed E-state index contributed by atoms with van der Waals surface area (Å²) in [4.78, 5) is 14.6. The van der Waals surface area contributed by atoms with Gasteiger partial charge in [-0.25, -0.2) is 4.79 Å². The van der Waals surface area contributed by atoms with E-state index in [-0.39, 0.29) is 12.0 Å². The van der Waals surface area contributed by atoms with Crippen LogP contribution in [0.5, 0.6) is 0 Å². The van der Waals surface area contributed by atoms with Crippen molar-refractivity contribution in [3.63, 3.8) is 0 Å². The minimum Gasteiger partial charge on any atom is -0.448 e. The zero-order valence-corrected chi connectivity index (χ0v) is 18.6. The SMILES string of the molecule is C#CC1(n2cc(Br)cn2)CCN(C(=O)OCC2c3ccccc3-c3ccccc32)CC1. The summed E-state index contributed by atoms with van der Waals surface area (Å²) in [5.41, 5.74) is 4.37. The number of piperidine rings is 1. The minimum atomic E-state index is -0.508. The number of carbonyl (C=O) groups is 1. The number of hydrogen-bond acceptors (Lipinski definition) is 3. The summed E-state index contributed by atoms with van der Waals surface area (Å²) in [5, 5.41) is 4.38. The van der Waals surface area contributed by atoms with E-state index in [4.69, 9.17) is 11.2 Å². The number of nitrogens with zero attached hydrogens (tertiary/aromatic N) is 3. The van der Waals surface area contributed by atoms with E-state index in [1.165, 1.54) is 22.3 Å². The van der Waals surface area contributed by atoms with Crippen LogP contribution < -0.4 is 0 Å². The molecule has 156 valence electrons. The van der Waals surface area contributed by atoms with Crippen molar-refractivity contribution in [2.24, 2.45) is 0 Å². The summed E-state index contributed by atoms with van der Waals surface area (Å²) < 4.78 is 8.51. The normalized spacial score (nSPS) is 17.0. The highest BCUT2D eigenvalue weighted by atomic mass is 79.9. The van der Waals surface area contributed by atoms with Crippen LogP contribution in [0, 0.1) is 12.3 Å². The maximum atomic E-state index is 12.8. The number of ether oxygens (including phenoxy) is 1. The fraction of sp³-hybridized carbons (Fsp3) is 0.280. The first-order valence-electron chi connectivity index (χ1n) is 10.4. The molecule has 1 aliphatic carbocycles. The van der Waals surface area contributed by atoms with Gasteiger partial charge in [-0.15, -0.1) is 6.42 Å². The summed E-state index contributed by atoms with van der Waals surface area (Å²) >= 11 is 3.43. The fourth-order valence-electron chi connectivity index (χ4n) is 4.72. The van der Waals surface area contributed by atoms with Crippen LogP contribution in [0.15, 0.2) is 65.4 Å². The molecule has 0 bridgehead atoms. The van der Waals surface area contributed by atoms with Gasteiger partial charge in [0.15, 0.2) is 0 Å². The molecule has 0 spiro atoms. The van der Waals surface area contributed by atoms with Gasteiger partial charge in [0, 0.05) is 38.0 Å². The van der Waals surface area contributed by atoms with Crippen LogP contribution in [0.25, 0.3) is 11.1 Å². The monoisotopic (exact) mass is 475 g/mol. The maximum absolute atomic E-state index is 12.8. The van der Waals surface area contributed by atoms with Crippen molar-refractivity contribution in [1.82, 2.24) is 14.7 Å². The summed E-state index contributed by atoms with van der Waals surface area (Å²) in [6.07, 6.45) is 10.5. The Morgan fingerprint density at radius 2 is 1.74 bits per heavy atom. The lowest BCUT2D eigenvalue weighted by Crippen LogP contribution is -2.47. The molecule has 1 aromatic heterocycles. The van der Waals surface area contributed by atoms with Crippen LogP contribution in [0.3, 0.4) is 0 Å². The minimum absolute atomic E-state index is 0.0624. The second-order valence-electron chi connectivity index (χ2n) is 8.07. The van der Waals surface area contributed by atoms with Gasteiger partial charge in [-0.3, -0.25) is 4.68 Å². The lowest BCUT2D eigenvalue weighted by Gasteiger charge is -2.38. The maximum Gasteiger partial charge on any atom is 0.409 e. The standard InChI is InChI=1S/C25H22BrN3O2/c1-2-25(29-16-18(26)15-27-29)11-13-28(14-12-25)24(30)31-17-23-21-9-5-3-7-19(21)20-8-4-6-10-22(20)23/h1,3-10,15-16,23H,11-14,17H2. The molecule has 2 heterocycles. The number of likely N-dealkylation sites (tertiary alicyclic amines) is 1. The molecule has 0 radical (unpaired) electrons. The van der Waals surface area contributed by atoms with Gasteiger partial charge in [0.25, 0.3) is 0 Å². The van der Waals surface area contributed by atoms with E-state index in [0.717, 1.165) is 4.47 Å². The first kappa shape index (κ1) is 19.9. The highest BCUT2D eigenvalue weighted by molar-refractivity contribution is 9.10. The highest BCUT2D eigenvalue weighted by Crippen LogP contribution is 2.44. The Kier molecular flexibility index (Phi) is 5.07. The molecule has 2 aromatic carbocycles. The van der Waals surface area contributed by atoms with Gasteiger partial charge in [-0.1, -0.05) is 54.5 Å². The van der Waals surface area contributed by atoms with Crippen LogP contribution in [-0.2, 0) is 10.3 Å². The van der Waals surface area contributed by atoms with Crippen molar-refractivity contribution in [2.75, 3.05) is 19.7 Å². The van der Waals surface area contributed by atoms with E-state index in [9.17, 15) is 4.79 Å². The Morgan fingerprint density at radius 1 is 1.13 bits per heavy atom. The molecule has 5 rings (SSSR count). The largest absolute Gasteiger partial charge is 0.448 e. The van der Waals surface area contributed by atoms with Crippen molar-refractivity contribution in [3.05, 3.63) is 76.5 Å². The second-order valence-corrected chi connectivity index (χ2v) is 8.99. The fourth-order valence-corrected chi connectivity index (χ4v) is 5.00. The van der Waals surface area contributed by atoms with E-state index in [1.54, 1.807) is 11.1 Å². The Morgan fingerprint density at radius 3 is 2.29 bits per heavy atom. The zero-order chi connectivity index (χ0) is 21.4. The molecule has 0 unspecified atom stereocenters. The topological polar surface area (TPSA) is 47.4 Å². The quantitative estimate of drug-likeness (QED) is 0.499. The Labute approximate surface area is 190 Å². The van der Waals surface area contributed by atoms with E-state index in [0.29, 0.717) is 32.5 Å². The van der Waals surface area contributed by atoms with E-state index < -0.39 is 5.54 Å². The molecule has 6 heteroatoms. The number of halogens is 1. The van der Waals surface area contributed by atoms with E-state index in [1.807, 2.05) is 35.1 Å². The van der Waals surface area contributed by atoms with Gasteiger partial charge >= 0.3 is 6.09 Å². The highest BCUT2D eigenvalue weighted by Gasteiger charge is 2.37. The smallest absolute Gasteiger partial charge is 0.409 e. The van der Waals surface area contributed by atoms with Crippen molar-refractivity contribution in [2.45, 2.75) is 24.3 Å². The molecule has 5 nitrogen and oxygen atoms in total. The Hall–Kier alpha value is -3.04. The van der Waals surface area contributed by atoms with Gasteiger partial charge in [0.1, 0.15) is 12.1 Å². The van der Waals surface area contributed by atoms with Crippen molar-refractivity contribution in [3.8, 4) is 23.5 Å². The lowest BCUT2D eigenvalue weighted by molar-refractivity contribution is 0.0765. The third-order valence-corrected chi connectivity index (χ3v) is 6.85. The average Bonchev–Trinajstić information content (AvgIpc) is 3.39. The number of terminal acetylenes is 1. The van der Waals surface area contributed by atoms with Crippen LogP contribution in [0.1, 0.15) is 29.9 Å². The number of hydrogen-bond donors (Lipinski definition) is 0. The van der Waals surface area contributed by atoms with Crippen LogP contribution in [0.4, 0.5) is 4.79 Å². The number of benzene rings is 2. The average molecular weight is 476 g/mol. The van der Waals surface area contributed by atoms with Gasteiger partial charge in [0.2, 0.25) is 0 Å². The number of rotatable bonds is 3. The van der Waals surface area contributed by atoms with Gasteiger partial charge in [0.05, 0.1) is 10.7 Å². The third kappa shape index (κ3) is 3.43. The predicted molar refractivity (Wildman–Crippen MR) is 123 cm³/mol. The Balaban J connectivity index is 1.26. The third-order valence-electron chi connectivity index (χ3n) is 6.44. The molecule has 1 fully saturated rings. The number of carbonyl (C=O) groups excluding carboxylic acids is 1. The van der Waals surface area contributed by atoms with Gasteiger partial charge < -0.3 is 9.64 Å². The van der Waals surface area contributed by atoms with E-state index >= 15 is 0 Å². The molecule has 2 aliphatic rings. The molecule has 0 saturated carbocycles. The van der Waals surface area contributed by atoms with E-state index in [2.05, 4.69) is 51.2 Å². The number of fused-ring (bicyclic) bond motifs is 3. The zero-order valence-electron chi connectivity index (χ0n) is 17.0. The van der Waals surface area contributed by atoms with Crippen LogP contribution in [-0.4, -0.2) is 40.5 Å². The first-order chi connectivity index (χ1) is 15.1. The number of aromatic nitrogens is 2. The first-order valence-corrected chi connectivity index (χ1v) is 11.2. The number of amides is 1. The van der Waals surface area contributed by atoms with Crippen LogP contribution >= 0.6 is 15.9 Å². The molecule has 1 saturated heterocycles. The molecule has 0 atom stereocenters. The summed E-state index contributed by atoms with van der Waals surface area (Å²) in [5.74, 6) is 2.97. The Bertz CT molecular complexity index is 1130. The molecule has 1 amide bonds. The second kappa shape index (κ2) is 7.90. The van der Waals surface area contributed by atoms with Gasteiger partial charge in [-0.2, -0.15) is 5.10 Å². The molecule has 0 N–H and O–H groups in total.